The lowest BCUT2D eigenvalue weighted by Gasteiger charge is -2.20. The zero-order chi connectivity index (χ0) is 34.2. The number of para-hydroxylation sites is 1. The number of aromatic nitrogens is 2. The molecule has 52 heavy (non-hydrogen) atoms. The molecule has 244 valence electrons. The molecular weight excluding hydrogens is 629 g/mol. The van der Waals surface area contributed by atoms with E-state index < -0.39 is 0 Å². The third-order valence-electron chi connectivity index (χ3n) is 11.4. The van der Waals surface area contributed by atoms with Gasteiger partial charge in [0.15, 0.2) is 0 Å². The lowest BCUT2D eigenvalue weighted by Crippen LogP contribution is -2.06. The van der Waals surface area contributed by atoms with Gasteiger partial charge in [-0.15, -0.1) is 0 Å². The summed E-state index contributed by atoms with van der Waals surface area (Å²) in [6.07, 6.45) is 4.62. The van der Waals surface area contributed by atoms with Gasteiger partial charge in [-0.2, -0.15) is 0 Å². The van der Waals surface area contributed by atoms with Crippen LogP contribution in [0.4, 0.5) is 0 Å². The van der Waals surface area contributed by atoms with Crippen LogP contribution in [0.2, 0.25) is 0 Å². The van der Waals surface area contributed by atoms with E-state index in [4.69, 9.17) is 9.97 Å². The Morgan fingerprint density at radius 1 is 0.365 bits per heavy atom. The van der Waals surface area contributed by atoms with Crippen molar-refractivity contribution in [3.05, 3.63) is 169 Å². The molecular formula is C50H34N2. The molecule has 0 bridgehead atoms. The summed E-state index contributed by atoms with van der Waals surface area (Å²) in [5, 5.41) is 6.28. The van der Waals surface area contributed by atoms with Crippen molar-refractivity contribution in [3.8, 4) is 67.0 Å². The van der Waals surface area contributed by atoms with Crippen molar-refractivity contribution in [3.63, 3.8) is 0 Å². The van der Waals surface area contributed by atoms with Crippen LogP contribution in [0.1, 0.15) is 24.1 Å². The first kappa shape index (κ1) is 29.4. The molecule has 0 spiro atoms. The molecule has 0 amide bonds. The predicted molar refractivity (Wildman–Crippen MR) is 217 cm³/mol. The molecule has 2 aromatic heterocycles. The van der Waals surface area contributed by atoms with Crippen molar-refractivity contribution in [2.24, 2.45) is 0 Å². The Labute approximate surface area is 303 Å². The SMILES string of the molecule is c1ccc(-c2c3c(c(-c4ccccc4)c4ccccc24)-c2ccc(-c4cc(-c5ccc6c(n5)CCCC6)nc5ccccc45)c4cccc-3c24)cc1. The zero-order valence-corrected chi connectivity index (χ0v) is 28.7. The lowest BCUT2D eigenvalue weighted by atomic mass is 9.82. The number of hydrogen-bond donors (Lipinski definition) is 0. The van der Waals surface area contributed by atoms with E-state index in [9.17, 15) is 0 Å². The second kappa shape index (κ2) is 11.6. The van der Waals surface area contributed by atoms with Gasteiger partial charge < -0.3 is 0 Å². The maximum absolute atomic E-state index is 5.20. The molecule has 0 aliphatic heterocycles. The number of nitrogens with zero attached hydrogens (tertiary/aromatic N) is 2. The zero-order valence-electron chi connectivity index (χ0n) is 28.7. The van der Waals surface area contributed by atoms with Crippen LogP contribution in [0.25, 0.3) is 99.5 Å². The van der Waals surface area contributed by atoms with E-state index in [1.807, 2.05) is 0 Å². The Morgan fingerprint density at radius 2 is 0.962 bits per heavy atom. The Morgan fingerprint density at radius 3 is 1.69 bits per heavy atom. The second-order valence-corrected chi connectivity index (χ2v) is 14.2. The Bertz CT molecular complexity index is 2800. The second-order valence-electron chi connectivity index (χ2n) is 14.2. The summed E-state index contributed by atoms with van der Waals surface area (Å²) in [5.41, 5.74) is 18.2. The molecule has 0 radical (unpaired) electrons. The minimum absolute atomic E-state index is 0.928. The number of hydrogen-bond acceptors (Lipinski definition) is 2. The Balaban J connectivity index is 1.22. The van der Waals surface area contributed by atoms with Gasteiger partial charge in [-0.1, -0.05) is 140 Å². The van der Waals surface area contributed by atoms with E-state index in [0.29, 0.717) is 0 Å². The van der Waals surface area contributed by atoms with Gasteiger partial charge in [0.1, 0.15) is 0 Å². The van der Waals surface area contributed by atoms with Crippen molar-refractivity contribution in [2.45, 2.75) is 25.7 Å². The Hall–Kier alpha value is -6.38. The van der Waals surface area contributed by atoms with Gasteiger partial charge in [0, 0.05) is 11.1 Å². The number of fused-ring (bicyclic) bond motifs is 6. The fourth-order valence-electron chi connectivity index (χ4n) is 9.10. The van der Waals surface area contributed by atoms with Crippen LogP contribution >= 0.6 is 0 Å². The van der Waals surface area contributed by atoms with Crippen LogP contribution in [-0.4, -0.2) is 9.97 Å². The first-order valence-corrected chi connectivity index (χ1v) is 18.5. The van der Waals surface area contributed by atoms with Crippen LogP contribution in [-0.2, 0) is 12.8 Å². The summed E-state index contributed by atoms with van der Waals surface area (Å²) >= 11 is 0. The average Bonchev–Trinajstić information content (AvgIpc) is 3.55. The quantitative estimate of drug-likeness (QED) is 0.187. The molecule has 0 atom stereocenters. The summed E-state index contributed by atoms with van der Waals surface area (Å²) in [6, 6.07) is 57.8. The van der Waals surface area contributed by atoms with Crippen molar-refractivity contribution in [1.82, 2.24) is 9.97 Å². The molecule has 0 saturated carbocycles. The van der Waals surface area contributed by atoms with Crippen LogP contribution in [0.5, 0.6) is 0 Å². The van der Waals surface area contributed by atoms with Gasteiger partial charge in [-0.3, -0.25) is 4.98 Å². The molecule has 7 aromatic carbocycles. The molecule has 2 heteroatoms. The molecule has 2 heterocycles. The highest BCUT2D eigenvalue weighted by Gasteiger charge is 2.31. The highest BCUT2D eigenvalue weighted by molar-refractivity contribution is 6.29. The number of pyridine rings is 2. The predicted octanol–water partition coefficient (Wildman–Crippen LogP) is 13.1. The van der Waals surface area contributed by atoms with Crippen LogP contribution in [0, 0.1) is 0 Å². The lowest BCUT2D eigenvalue weighted by molar-refractivity contribution is 0.668. The van der Waals surface area contributed by atoms with Crippen LogP contribution in [0.3, 0.4) is 0 Å². The maximum atomic E-state index is 5.20. The summed E-state index contributed by atoms with van der Waals surface area (Å²) in [5.74, 6) is 0. The van der Waals surface area contributed by atoms with Crippen molar-refractivity contribution < 1.29 is 0 Å². The number of rotatable bonds is 4. The Kier molecular flexibility index (Phi) is 6.54. The molecule has 0 N–H and O–H groups in total. The van der Waals surface area contributed by atoms with Gasteiger partial charge in [-0.25, -0.2) is 4.98 Å². The summed E-state index contributed by atoms with van der Waals surface area (Å²) < 4.78 is 0. The molecule has 11 rings (SSSR count). The van der Waals surface area contributed by atoms with Gasteiger partial charge >= 0.3 is 0 Å². The topological polar surface area (TPSA) is 25.8 Å². The fourth-order valence-corrected chi connectivity index (χ4v) is 9.10. The molecule has 0 saturated heterocycles. The van der Waals surface area contributed by atoms with Crippen molar-refractivity contribution in [1.29, 1.82) is 0 Å². The number of benzene rings is 7. The standard InChI is InChI=1S/C50H34N2/c1-3-15-32(16-4-1)46-37-20-8-9-21-38(37)47(33-17-5-2-6-18-33)50-40-28-27-34(36-22-13-23-39(48(36)40)49(46)50)41-30-45(52-43-25-12-10-19-35(41)43)44-29-26-31-14-7-11-24-42(31)51-44/h1-6,8-10,12-13,15-23,25-30H,7,11,14,24H2. The highest BCUT2D eigenvalue weighted by atomic mass is 14.8. The molecule has 0 fully saturated rings. The van der Waals surface area contributed by atoms with Gasteiger partial charge in [0.05, 0.1) is 16.9 Å². The number of aryl methyl sites for hydroxylation is 2. The molecule has 2 aliphatic carbocycles. The normalized spacial score (nSPS) is 13.1. The third kappa shape index (κ3) is 4.37. The fraction of sp³-hybridized carbons (Fsp3) is 0.0800. The highest BCUT2D eigenvalue weighted by Crippen LogP contribution is 2.58. The summed E-state index contributed by atoms with van der Waals surface area (Å²) in [4.78, 5) is 10.4. The minimum atomic E-state index is 0.928. The molecule has 2 aliphatic rings. The van der Waals surface area contributed by atoms with Gasteiger partial charge in [-0.05, 0) is 127 Å². The third-order valence-corrected chi connectivity index (χ3v) is 11.4. The molecule has 2 nitrogen and oxygen atoms in total. The van der Waals surface area contributed by atoms with E-state index in [-0.39, 0.29) is 0 Å². The van der Waals surface area contributed by atoms with Gasteiger partial charge in [0.25, 0.3) is 0 Å². The van der Waals surface area contributed by atoms with E-state index >= 15 is 0 Å². The first-order valence-electron chi connectivity index (χ1n) is 18.5. The smallest absolute Gasteiger partial charge is 0.0900 e. The van der Waals surface area contributed by atoms with Crippen molar-refractivity contribution >= 4 is 32.4 Å². The minimum Gasteiger partial charge on any atom is -0.251 e. The van der Waals surface area contributed by atoms with E-state index in [1.54, 1.807) is 0 Å². The monoisotopic (exact) mass is 662 g/mol. The van der Waals surface area contributed by atoms with E-state index in [2.05, 4.69) is 158 Å². The molecule has 0 unspecified atom stereocenters. The van der Waals surface area contributed by atoms with E-state index in [0.717, 1.165) is 35.1 Å². The van der Waals surface area contributed by atoms with Crippen LogP contribution in [0.15, 0.2) is 158 Å². The average molecular weight is 663 g/mol. The van der Waals surface area contributed by atoms with Gasteiger partial charge in [0.2, 0.25) is 0 Å². The first-order chi connectivity index (χ1) is 25.8. The summed E-state index contributed by atoms with van der Waals surface area (Å²) in [7, 11) is 0. The van der Waals surface area contributed by atoms with Crippen molar-refractivity contribution in [2.75, 3.05) is 0 Å². The van der Waals surface area contributed by atoms with Crippen LogP contribution < -0.4 is 0 Å². The van der Waals surface area contributed by atoms with E-state index in [1.165, 1.54) is 101 Å². The summed E-state index contributed by atoms with van der Waals surface area (Å²) in [6.45, 7) is 0. The maximum Gasteiger partial charge on any atom is 0.0900 e. The molecule has 9 aromatic rings. The largest absolute Gasteiger partial charge is 0.251 e.